The van der Waals surface area contributed by atoms with Gasteiger partial charge in [-0.15, -0.1) is 22.7 Å². The minimum atomic E-state index is -2.27. The number of aromatic nitrogens is 6. The molecule has 4 heterocycles. The molecule has 0 radical (unpaired) electrons. The number of H-pyrrole nitrogens is 2. The molecule has 0 aliphatic heterocycles. The van der Waals surface area contributed by atoms with Crippen molar-refractivity contribution < 1.29 is 39.6 Å². The molecule has 0 fully saturated rings. The van der Waals surface area contributed by atoms with Gasteiger partial charge in [-0.2, -0.15) is 10.2 Å². The minimum Gasteiger partial charge on any atom is -0.479 e. The fraction of sp³-hybridized carbons (Fsp3) is 0.111. The van der Waals surface area contributed by atoms with Crippen molar-refractivity contribution in [3.63, 3.8) is 0 Å². The number of rotatable bonds is 7. The lowest BCUT2D eigenvalue weighted by molar-refractivity contribution is -0.165. The number of thiazole rings is 2. The second-order valence-corrected chi connectivity index (χ2v) is 8.06. The van der Waals surface area contributed by atoms with E-state index in [1.807, 2.05) is 0 Å². The minimum absolute atomic E-state index is 0.293. The molecule has 0 bridgehead atoms. The Morgan fingerprint density at radius 1 is 0.750 bits per heavy atom. The van der Waals surface area contributed by atoms with Gasteiger partial charge in [0.2, 0.25) is 0 Å². The number of primary amides is 2. The van der Waals surface area contributed by atoms with E-state index in [1.54, 1.807) is 35.5 Å². The smallest absolute Gasteiger partial charge is 0.335 e. The van der Waals surface area contributed by atoms with E-state index >= 15 is 0 Å². The van der Waals surface area contributed by atoms with E-state index in [0.29, 0.717) is 11.4 Å². The summed E-state index contributed by atoms with van der Waals surface area (Å²) in [6, 6.07) is 0. The summed E-state index contributed by atoms with van der Waals surface area (Å²) in [6.45, 7) is 0. The van der Waals surface area contributed by atoms with Crippen LogP contribution in [0.4, 0.5) is 0 Å². The molecule has 4 aromatic heterocycles. The first-order chi connectivity index (χ1) is 17.0. The first-order valence-electron chi connectivity index (χ1n) is 9.32. The summed E-state index contributed by atoms with van der Waals surface area (Å²) in [5, 5.41) is 50.2. The van der Waals surface area contributed by atoms with Crippen LogP contribution in [0.1, 0.15) is 21.0 Å². The van der Waals surface area contributed by atoms with Crippen LogP contribution in [0.3, 0.4) is 0 Å². The van der Waals surface area contributed by atoms with Gasteiger partial charge in [0.25, 0.3) is 11.8 Å². The van der Waals surface area contributed by atoms with Crippen molar-refractivity contribution in [2.45, 2.75) is 12.2 Å². The Morgan fingerprint density at radius 2 is 1.11 bits per heavy atom. The average molecular weight is 539 g/mol. The van der Waals surface area contributed by atoms with Gasteiger partial charge in [0.05, 0.1) is 12.4 Å². The van der Waals surface area contributed by atoms with Crippen molar-refractivity contribution in [2.75, 3.05) is 0 Å². The van der Waals surface area contributed by atoms with Gasteiger partial charge in [0.1, 0.15) is 21.4 Å². The molecule has 0 spiro atoms. The maximum Gasteiger partial charge on any atom is 0.335 e. The van der Waals surface area contributed by atoms with E-state index in [9.17, 15) is 19.2 Å². The molecule has 4 rings (SSSR count). The van der Waals surface area contributed by atoms with E-state index < -0.39 is 36.0 Å². The van der Waals surface area contributed by atoms with Crippen LogP contribution in [0.2, 0.25) is 0 Å². The predicted molar refractivity (Wildman–Crippen MR) is 124 cm³/mol. The number of nitrogens with two attached hydrogens (primary N) is 2. The SMILES string of the molecule is NC(=O)c1csc(-c2cn[nH]c2)n1.NC(=O)c1csc(-c2cn[nH]c2)n1.O=C(O)C(O)C(O)C(=O)O. The number of carbonyl (C=O) groups excluding carboxylic acids is 2. The number of aromatic amines is 2. The monoisotopic (exact) mass is 538 g/mol. The van der Waals surface area contributed by atoms with Crippen LogP contribution < -0.4 is 11.5 Å². The van der Waals surface area contributed by atoms with E-state index in [2.05, 4.69) is 30.4 Å². The van der Waals surface area contributed by atoms with Gasteiger partial charge in [0.15, 0.2) is 12.2 Å². The zero-order valence-corrected chi connectivity index (χ0v) is 19.4. The van der Waals surface area contributed by atoms with Crippen molar-refractivity contribution in [3.8, 4) is 21.1 Å². The van der Waals surface area contributed by atoms with Crippen LogP contribution in [0.25, 0.3) is 21.1 Å². The molecule has 190 valence electrons. The van der Waals surface area contributed by atoms with Gasteiger partial charge in [-0.25, -0.2) is 19.6 Å². The first kappa shape index (κ1) is 27.7. The second-order valence-electron chi connectivity index (χ2n) is 6.34. The van der Waals surface area contributed by atoms with Crippen LogP contribution in [0.15, 0.2) is 35.5 Å². The van der Waals surface area contributed by atoms with Gasteiger partial charge < -0.3 is 31.9 Å². The summed E-state index contributed by atoms with van der Waals surface area (Å²) in [6.07, 6.45) is 2.18. The first-order valence-corrected chi connectivity index (χ1v) is 11.1. The lowest BCUT2D eigenvalue weighted by Gasteiger charge is -2.07. The number of hydrogen-bond acceptors (Lipinski definition) is 12. The third kappa shape index (κ3) is 7.77. The summed E-state index contributed by atoms with van der Waals surface area (Å²) in [7, 11) is 0. The van der Waals surface area contributed by atoms with Crippen LogP contribution in [0.5, 0.6) is 0 Å². The third-order valence-electron chi connectivity index (χ3n) is 3.81. The number of aliphatic hydroxyl groups is 2. The fourth-order valence-electron chi connectivity index (χ4n) is 2.04. The molecule has 2 amide bonds. The molecule has 2 atom stereocenters. The number of nitrogens with zero attached hydrogens (tertiary/aromatic N) is 4. The Bertz CT molecular complexity index is 1200. The standard InChI is InChI=1S/2C7H6N4OS.C4H6O6/c2*8-6(12)5-3-13-7(11-5)4-1-9-10-2-4;5-1(3(7)8)2(6)4(9)10/h2*1-3H,(H2,8,12)(H,9,10);1-2,5-6H,(H,7,8)(H,9,10). The Labute approximate surface area is 208 Å². The number of aliphatic hydroxyl groups excluding tert-OH is 2. The largest absolute Gasteiger partial charge is 0.479 e. The molecule has 2 unspecified atom stereocenters. The number of aliphatic carboxylic acids is 2. The normalized spacial score (nSPS) is 11.7. The van der Waals surface area contributed by atoms with Crippen molar-refractivity contribution in [2.24, 2.45) is 11.5 Å². The maximum atomic E-state index is 10.7. The lowest BCUT2D eigenvalue weighted by atomic mass is 10.2. The fourth-order valence-corrected chi connectivity index (χ4v) is 3.63. The quantitative estimate of drug-likeness (QED) is 0.143. The molecular weight excluding hydrogens is 520 g/mol. The second kappa shape index (κ2) is 12.8. The van der Waals surface area contributed by atoms with E-state index in [4.69, 9.17) is 31.9 Å². The van der Waals surface area contributed by atoms with Gasteiger partial charge >= 0.3 is 11.9 Å². The van der Waals surface area contributed by atoms with Crippen LogP contribution in [-0.2, 0) is 9.59 Å². The molecule has 0 aliphatic rings. The van der Waals surface area contributed by atoms with Crippen LogP contribution in [0, 0.1) is 0 Å². The van der Waals surface area contributed by atoms with Gasteiger partial charge in [0, 0.05) is 34.3 Å². The van der Waals surface area contributed by atoms with Crippen molar-refractivity contribution in [1.29, 1.82) is 0 Å². The molecule has 0 saturated carbocycles. The molecule has 36 heavy (non-hydrogen) atoms. The van der Waals surface area contributed by atoms with E-state index in [-0.39, 0.29) is 0 Å². The predicted octanol–water partition coefficient (Wildman–Crippen LogP) is -0.858. The Morgan fingerprint density at radius 3 is 1.33 bits per heavy atom. The summed E-state index contributed by atoms with van der Waals surface area (Å²) >= 11 is 2.73. The Hall–Kier alpha value is -4.52. The highest BCUT2D eigenvalue weighted by Crippen LogP contribution is 2.22. The van der Waals surface area contributed by atoms with E-state index in [0.717, 1.165) is 21.1 Å². The number of carboxylic acids is 2. The van der Waals surface area contributed by atoms with Gasteiger partial charge in [-0.3, -0.25) is 19.8 Å². The van der Waals surface area contributed by atoms with Gasteiger partial charge in [-0.05, 0) is 0 Å². The maximum absolute atomic E-state index is 10.7. The molecule has 16 nitrogen and oxygen atoms in total. The van der Waals surface area contributed by atoms with Crippen molar-refractivity contribution in [1.82, 2.24) is 30.4 Å². The van der Waals surface area contributed by atoms with Gasteiger partial charge in [-0.1, -0.05) is 0 Å². The Balaban J connectivity index is 0.000000193. The number of amides is 2. The lowest BCUT2D eigenvalue weighted by Crippen LogP contribution is -2.39. The highest BCUT2D eigenvalue weighted by molar-refractivity contribution is 7.13. The average Bonchev–Trinajstić information content (AvgIpc) is 3.65. The molecule has 18 heteroatoms. The third-order valence-corrected chi connectivity index (χ3v) is 5.59. The highest BCUT2D eigenvalue weighted by atomic mass is 32.1. The molecule has 0 aromatic carbocycles. The summed E-state index contributed by atoms with van der Waals surface area (Å²) < 4.78 is 0. The number of nitrogens with one attached hydrogen (secondary N) is 2. The zero-order valence-electron chi connectivity index (χ0n) is 17.8. The number of carboxylic acid groups (broad SMARTS) is 2. The summed E-state index contributed by atoms with van der Waals surface area (Å²) in [5.74, 6) is -4.55. The number of carbonyl (C=O) groups is 4. The van der Waals surface area contributed by atoms with Crippen molar-refractivity contribution in [3.05, 3.63) is 46.9 Å². The summed E-state index contributed by atoms with van der Waals surface area (Å²) in [4.78, 5) is 49.1. The topological polar surface area (TPSA) is 284 Å². The molecule has 10 N–H and O–H groups in total. The van der Waals surface area contributed by atoms with E-state index in [1.165, 1.54) is 22.7 Å². The number of hydrogen-bond donors (Lipinski definition) is 8. The molecule has 0 saturated heterocycles. The van der Waals surface area contributed by atoms with Crippen LogP contribution in [-0.4, -0.2) is 86.7 Å². The zero-order chi connectivity index (χ0) is 26.8. The Kier molecular flexibility index (Phi) is 9.86. The molecule has 4 aromatic rings. The molecular formula is C18H18N8O8S2. The van der Waals surface area contributed by atoms with Crippen LogP contribution >= 0.6 is 22.7 Å². The molecule has 0 aliphatic carbocycles. The highest BCUT2D eigenvalue weighted by Gasteiger charge is 2.29. The van der Waals surface area contributed by atoms with Crippen molar-refractivity contribution >= 4 is 46.4 Å². The summed E-state index contributed by atoms with van der Waals surface area (Å²) in [5.41, 5.74) is 12.4.